The number of aromatic nitrogens is 3. The van der Waals surface area contributed by atoms with Gasteiger partial charge < -0.3 is 15.6 Å². The Balaban J connectivity index is 1.79. The predicted octanol–water partition coefficient (Wildman–Crippen LogP) is 0.118. The lowest BCUT2D eigenvalue weighted by Crippen LogP contribution is -2.53. The van der Waals surface area contributed by atoms with Crippen molar-refractivity contribution >= 4 is 5.91 Å². The van der Waals surface area contributed by atoms with Gasteiger partial charge in [0.05, 0.1) is 12.1 Å². The van der Waals surface area contributed by atoms with Crippen molar-refractivity contribution in [3.63, 3.8) is 0 Å². The zero-order valence-corrected chi connectivity index (χ0v) is 13.0. The molecule has 1 aliphatic heterocycles. The summed E-state index contributed by atoms with van der Waals surface area (Å²) in [5.41, 5.74) is 4.94. The first-order valence-corrected chi connectivity index (χ1v) is 7.69. The third kappa shape index (κ3) is 4.01. The summed E-state index contributed by atoms with van der Waals surface area (Å²) < 4.78 is 2.09. The normalized spacial score (nSPS) is 18.2. The fraction of sp³-hybridized carbons (Fsp3) is 0.786. The van der Waals surface area contributed by atoms with Crippen LogP contribution in [0.4, 0.5) is 0 Å². The van der Waals surface area contributed by atoms with Gasteiger partial charge in [-0.15, -0.1) is 10.2 Å². The van der Waals surface area contributed by atoms with Gasteiger partial charge in [-0.2, -0.15) is 0 Å². The molecule has 3 N–H and O–H groups in total. The first-order chi connectivity index (χ1) is 10.0. The first-order valence-electron chi connectivity index (χ1n) is 7.69. The van der Waals surface area contributed by atoms with Crippen molar-refractivity contribution in [2.45, 2.75) is 51.7 Å². The Kier molecular flexibility index (Phi) is 5.30. The molecular weight excluding hydrogens is 268 g/mol. The molecular formula is C14H26N6O. The monoisotopic (exact) mass is 294 g/mol. The average Bonchev–Trinajstić information content (AvgIpc) is 2.92. The third-order valence-electron chi connectivity index (χ3n) is 4.18. The predicted molar refractivity (Wildman–Crippen MR) is 80.4 cm³/mol. The number of fused-ring (bicyclic) bond motifs is 1. The van der Waals surface area contributed by atoms with Crippen molar-refractivity contribution < 1.29 is 4.79 Å². The lowest BCUT2D eigenvalue weighted by atomic mass is 9.94. The number of carbonyl (C=O) groups excluding carboxylic acids is 1. The van der Waals surface area contributed by atoms with Crippen LogP contribution in [0.5, 0.6) is 0 Å². The van der Waals surface area contributed by atoms with E-state index in [1.807, 2.05) is 6.92 Å². The maximum atomic E-state index is 11.7. The lowest BCUT2D eigenvalue weighted by molar-refractivity contribution is -0.124. The van der Waals surface area contributed by atoms with Gasteiger partial charge in [0.25, 0.3) is 0 Å². The summed E-state index contributed by atoms with van der Waals surface area (Å²) in [7, 11) is 0. The number of hydrogen-bond acceptors (Lipinski definition) is 5. The Hall–Kier alpha value is -1.47. The number of rotatable bonds is 8. The largest absolute Gasteiger partial charge is 0.368 e. The molecule has 1 aromatic heterocycles. The van der Waals surface area contributed by atoms with Crippen LogP contribution in [0.3, 0.4) is 0 Å². The number of carbonyl (C=O) groups is 1. The Morgan fingerprint density at radius 1 is 1.52 bits per heavy atom. The average molecular weight is 294 g/mol. The second-order valence-electron chi connectivity index (χ2n) is 5.94. The van der Waals surface area contributed by atoms with Crippen LogP contribution in [-0.4, -0.2) is 50.7 Å². The summed E-state index contributed by atoms with van der Waals surface area (Å²) in [4.78, 5) is 14.0. The Bertz CT molecular complexity index is 474. The van der Waals surface area contributed by atoms with E-state index >= 15 is 0 Å². The lowest BCUT2D eigenvalue weighted by Gasteiger charge is -2.30. The number of primary amides is 1. The van der Waals surface area contributed by atoms with E-state index in [1.165, 1.54) is 0 Å². The van der Waals surface area contributed by atoms with E-state index in [9.17, 15) is 4.79 Å². The maximum Gasteiger partial charge on any atom is 0.237 e. The van der Waals surface area contributed by atoms with Gasteiger partial charge in [-0.3, -0.25) is 9.69 Å². The first kappa shape index (κ1) is 15.9. The van der Waals surface area contributed by atoms with Crippen LogP contribution in [0.15, 0.2) is 6.33 Å². The SMILES string of the molecule is CCCNC(C)(CCCN1CCn2cnnc2C1)C(N)=O. The highest BCUT2D eigenvalue weighted by atomic mass is 16.1. The quantitative estimate of drug-likeness (QED) is 0.711. The fourth-order valence-corrected chi connectivity index (χ4v) is 2.66. The van der Waals surface area contributed by atoms with E-state index in [0.29, 0.717) is 0 Å². The van der Waals surface area contributed by atoms with E-state index in [1.54, 1.807) is 6.33 Å². The smallest absolute Gasteiger partial charge is 0.237 e. The highest BCUT2D eigenvalue weighted by Crippen LogP contribution is 2.15. The number of nitrogens with zero attached hydrogens (tertiary/aromatic N) is 4. The van der Waals surface area contributed by atoms with Crippen molar-refractivity contribution in [1.29, 1.82) is 0 Å². The molecule has 0 aromatic carbocycles. The molecule has 2 heterocycles. The van der Waals surface area contributed by atoms with Crippen molar-refractivity contribution in [3.05, 3.63) is 12.2 Å². The van der Waals surface area contributed by atoms with Crippen molar-refractivity contribution in [1.82, 2.24) is 25.0 Å². The molecule has 0 saturated heterocycles. The van der Waals surface area contributed by atoms with Gasteiger partial charge in [0.2, 0.25) is 5.91 Å². The van der Waals surface area contributed by atoms with Crippen molar-refractivity contribution in [2.75, 3.05) is 19.6 Å². The summed E-state index contributed by atoms with van der Waals surface area (Å²) in [6, 6.07) is 0. The van der Waals surface area contributed by atoms with E-state index in [4.69, 9.17) is 5.73 Å². The van der Waals surface area contributed by atoms with Gasteiger partial charge in [-0.25, -0.2) is 0 Å². The topological polar surface area (TPSA) is 89.1 Å². The third-order valence-corrected chi connectivity index (χ3v) is 4.18. The zero-order chi connectivity index (χ0) is 15.3. The standard InChI is InChI=1S/C14H26N6O/c1-3-6-16-14(2,13(15)21)5-4-7-19-8-9-20-11-17-18-12(20)10-19/h11,16H,3-10H2,1-2H3,(H2,15,21). The molecule has 1 aliphatic rings. The van der Waals surface area contributed by atoms with E-state index in [2.05, 4.69) is 31.9 Å². The van der Waals surface area contributed by atoms with Crippen LogP contribution >= 0.6 is 0 Å². The Labute approximate surface area is 125 Å². The van der Waals surface area contributed by atoms with E-state index < -0.39 is 5.54 Å². The van der Waals surface area contributed by atoms with Crippen LogP contribution in [0, 0.1) is 0 Å². The molecule has 0 spiro atoms. The molecule has 7 heteroatoms. The molecule has 0 aliphatic carbocycles. The van der Waals surface area contributed by atoms with Crippen LogP contribution < -0.4 is 11.1 Å². The highest BCUT2D eigenvalue weighted by molar-refractivity contribution is 5.84. The fourth-order valence-electron chi connectivity index (χ4n) is 2.66. The molecule has 1 unspecified atom stereocenters. The van der Waals surface area contributed by atoms with Gasteiger partial charge in [0, 0.05) is 13.1 Å². The number of amides is 1. The molecule has 118 valence electrons. The second kappa shape index (κ2) is 7.00. The minimum atomic E-state index is -0.605. The maximum absolute atomic E-state index is 11.7. The number of nitrogens with one attached hydrogen (secondary N) is 1. The van der Waals surface area contributed by atoms with Gasteiger partial charge in [0.15, 0.2) is 0 Å². The second-order valence-corrected chi connectivity index (χ2v) is 5.94. The van der Waals surface area contributed by atoms with Crippen LogP contribution in [0.1, 0.15) is 38.9 Å². The molecule has 0 bridgehead atoms. The summed E-state index contributed by atoms with van der Waals surface area (Å²) in [5, 5.41) is 11.3. The summed E-state index contributed by atoms with van der Waals surface area (Å²) in [6.45, 7) is 8.51. The van der Waals surface area contributed by atoms with E-state index in [0.717, 1.165) is 57.8 Å². The molecule has 7 nitrogen and oxygen atoms in total. The van der Waals surface area contributed by atoms with Crippen LogP contribution in [0.25, 0.3) is 0 Å². The summed E-state index contributed by atoms with van der Waals surface area (Å²) in [5.74, 6) is 0.748. The van der Waals surface area contributed by atoms with Crippen LogP contribution in [0.2, 0.25) is 0 Å². The minimum absolute atomic E-state index is 0.269. The summed E-state index contributed by atoms with van der Waals surface area (Å²) in [6.07, 6.45) is 4.46. The van der Waals surface area contributed by atoms with Gasteiger partial charge in [-0.1, -0.05) is 6.92 Å². The van der Waals surface area contributed by atoms with Gasteiger partial charge in [-0.05, 0) is 39.3 Å². The highest BCUT2D eigenvalue weighted by Gasteiger charge is 2.29. The molecule has 1 aromatic rings. The molecule has 0 fully saturated rings. The molecule has 0 saturated carbocycles. The molecule has 21 heavy (non-hydrogen) atoms. The zero-order valence-electron chi connectivity index (χ0n) is 13.0. The Morgan fingerprint density at radius 3 is 3.05 bits per heavy atom. The Morgan fingerprint density at radius 2 is 2.33 bits per heavy atom. The van der Waals surface area contributed by atoms with Crippen molar-refractivity contribution in [3.8, 4) is 0 Å². The molecule has 0 radical (unpaired) electrons. The van der Waals surface area contributed by atoms with E-state index in [-0.39, 0.29) is 5.91 Å². The molecule has 1 amide bonds. The van der Waals surface area contributed by atoms with Crippen molar-refractivity contribution in [2.24, 2.45) is 5.73 Å². The van der Waals surface area contributed by atoms with Gasteiger partial charge in [0.1, 0.15) is 12.2 Å². The minimum Gasteiger partial charge on any atom is -0.368 e. The molecule has 2 rings (SSSR count). The molecule has 1 atom stereocenters. The van der Waals surface area contributed by atoms with Gasteiger partial charge >= 0.3 is 0 Å². The number of nitrogens with two attached hydrogens (primary N) is 1. The number of hydrogen-bond donors (Lipinski definition) is 2. The van der Waals surface area contributed by atoms with Crippen LogP contribution in [-0.2, 0) is 17.9 Å². The summed E-state index contributed by atoms with van der Waals surface area (Å²) >= 11 is 0.